The van der Waals surface area contributed by atoms with Crippen molar-refractivity contribution in [3.05, 3.63) is 58.7 Å². The Bertz CT molecular complexity index is 790. The van der Waals surface area contributed by atoms with Crippen LogP contribution in [0.3, 0.4) is 0 Å². The number of nitrogens with one attached hydrogen (secondary N) is 1. The summed E-state index contributed by atoms with van der Waals surface area (Å²) in [6, 6.07) is 12.2. The fraction of sp³-hybridized carbons (Fsp3) is 0.381. The van der Waals surface area contributed by atoms with Gasteiger partial charge in [-0.25, -0.2) is 4.79 Å². The lowest BCUT2D eigenvalue weighted by Crippen LogP contribution is -2.27. The van der Waals surface area contributed by atoms with Gasteiger partial charge in [-0.3, -0.25) is 5.32 Å². The number of aryl methyl sites for hydroxylation is 4. The summed E-state index contributed by atoms with van der Waals surface area (Å²) in [4.78, 5) is 12.2. The molecule has 4 nitrogen and oxygen atoms in total. The molecule has 0 fully saturated rings. The Morgan fingerprint density at radius 3 is 2.20 bits per heavy atom. The van der Waals surface area contributed by atoms with E-state index >= 15 is 0 Å². The molecule has 4 aliphatic rings. The van der Waals surface area contributed by atoms with Crippen molar-refractivity contribution >= 4 is 11.8 Å². The first kappa shape index (κ1) is 17.3. The number of carbonyl (C=O) groups excluding carboxylic acids is 1. The van der Waals surface area contributed by atoms with E-state index < -0.39 is 11.7 Å². The van der Waals surface area contributed by atoms with E-state index in [1.807, 2.05) is 39.0 Å². The number of phenols is 1. The summed E-state index contributed by atoms with van der Waals surface area (Å²) in [7, 11) is 0. The van der Waals surface area contributed by atoms with Crippen LogP contribution in [0.5, 0.6) is 5.75 Å². The molecule has 0 radical (unpaired) electrons. The third-order valence-corrected chi connectivity index (χ3v) is 4.33. The van der Waals surface area contributed by atoms with Gasteiger partial charge in [-0.05, 0) is 80.8 Å². The van der Waals surface area contributed by atoms with Crippen LogP contribution in [0.15, 0.2) is 36.4 Å². The average Bonchev–Trinajstić information content (AvgIpc) is 2.49. The van der Waals surface area contributed by atoms with Crippen molar-refractivity contribution in [1.29, 1.82) is 0 Å². The highest BCUT2D eigenvalue weighted by Crippen LogP contribution is 2.27. The summed E-state index contributed by atoms with van der Waals surface area (Å²) in [6.07, 6.45) is 2.71. The van der Waals surface area contributed by atoms with E-state index in [2.05, 4.69) is 23.5 Å². The number of hydrogen-bond acceptors (Lipinski definition) is 3. The van der Waals surface area contributed by atoms with Crippen LogP contribution in [-0.4, -0.2) is 16.8 Å². The van der Waals surface area contributed by atoms with Crippen molar-refractivity contribution in [3.63, 3.8) is 0 Å². The van der Waals surface area contributed by atoms with E-state index in [-0.39, 0.29) is 0 Å². The van der Waals surface area contributed by atoms with Gasteiger partial charge in [-0.1, -0.05) is 24.3 Å². The molecular weight excluding hydrogens is 314 g/mol. The lowest BCUT2D eigenvalue weighted by Gasteiger charge is -2.21. The fourth-order valence-electron chi connectivity index (χ4n) is 3.06. The van der Waals surface area contributed by atoms with Gasteiger partial charge in [-0.2, -0.15) is 0 Å². The maximum Gasteiger partial charge on any atom is 0.412 e. The predicted octanol–water partition coefficient (Wildman–Crippen LogP) is 4.62. The number of ether oxygens (including phenoxy) is 1. The first-order valence-corrected chi connectivity index (χ1v) is 8.73. The monoisotopic (exact) mass is 339 g/mol. The van der Waals surface area contributed by atoms with Crippen LogP contribution in [0.4, 0.5) is 10.5 Å². The van der Waals surface area contributed by atoms with Crippen molar-refractivity contribution in [2.45, 2.75) is 52.1 Å². The summed E-state index contributed by atoms with van der Waals surface area (Å²) in [5, 5.41) is 13.1. The van der Waals surface area contributed by atoms with Gasteiger partial charge in [0.2, 0.25) is 0 Å². The fourth-order valence-corrected chi connectivity index (χ4v) is 3.06. The molecule has 0 unspecified atom stereocenters. The van der Waals surface area contributed by atoms with Crippen molar-refractivity contribution in [1.82, 2.24) is 0 Å². The molecule has 0 spiro atoms. The molecule has 2 aromatic carbocycles. The van der Waals surface area contributed by atoms with Gasteiger partial charge in [0, 0.05) is 5.69 Å². The summed E-state index contributed by atoms with van der Waals surface area (Å²) in [5.41, 5.74) is 4.50. The highest BCUT2D eigenvalue weighted by Gasteiger charge is 2.18. The zero-order chi connectivity index (χ0) is 18.0. The number of amides is 1. The van der Waals surface area contributed by atoms with Crippen molar-refractivity contribution in [2.24, 2.45) is 0 Å². The Kier molecular flexibility index (Phi) is 4.71. The van der Waals surface area contributed by atoms with Crippen LogP contribution in [0.25, 0.3) is 0 Å². The minimum absolute atomic E-state index is 0.356. The largest absolute Gasteiger partial charge is 0.508 e. The van der Waals surface area contributed by atoms with E-state index in [1.54, 1.807) is 0 Å². The maximum atomic E-state index is 12.2. The van der Waals surface area contributed by atoms with E-state index in [0.29, 0.717) is 12.2 Å². The molecule has 0 aliphatic heterocycles. The molecular formula is C21H25NO3. The maximum absolute atomic E-state index is 12.2. The minimum atomic E-state index is -0.532. The van der Waals surface area contributed by atoms with E-state index in [0.717, 1.165) is 47.2 Å². The van der Waals surface area contributed by atoms with Crippen LogP contribution < -0.4 is 5.32 Å². The van der Waals surface area contributed by atoms with E-state index in [9.17, 15) is 9.90 Å². The summed E-state index contributed by atoms with van der Waals surface area (Å²) < 4.78 is 5.38. The second kappa shape index (κ2) is 6.79. The molecule has 2 aromatic rings. The number of aromatic hydroxyl groups is 1. The van der Waals surface area contributed by atoms with Crippen molar-refractivity contribution < 1.29 is 14.6 Å². The Balaban J connectivity index is 1.87. The van der Waals surface area contributed by atoms with Gasteiger partial charge in [0.15, 0.2) is 0 Å². The first-order chi connectivity index (χ1) is 11.8. The van der Waals surface area contributed by atoms with Gasteiger partial charge in [-0.15, -0.1) is 0 Å². The molecule has 132 valence electrons. The Labute approximate surface area is 148 Å². The normalized spacial score (nSPS) is 13.9. The average molecular weight is 339 g/mol. The van der Waals surface area contributed by atoms with Crippen LogP contribution in [0, 0.1) is 0 Å². The lowest BCUT2D eigenvalue weighted by molar-refractivity contribution is 0.0636. The molecule has 0 atom stereocenters. The molecule has 25 heavy (non-hydrogen) atoms. The number of hydrogen-bond donors (Lipinski definition) is 2. The van der Waals surface area contributed by atoms with Crippen molar-refractivity contribution in [3.8, 4) is 5.75 Å². The second-order valence-electron chi connectivity index (χ2n) is 7.58. The highest BCUT2D eigenvalue weighted by atomic mass is 16.6. The third kappa shape index (κ3) is 4.53. The van der Waals surface area contributed by atoms with Gasteiger partial charge in [0.25, 0.3) is 0 Å². The molecule has 0 saturated heterocycles. The molecule has 2 N–H and O–H groups in total. The van der Waals surface area contributed by atoms with Gasteiger partial charge >= 0.3 is 6.09 Å². The summed E-state index contributed by atoms with van der Waals surface area (Å²) >= 11 is 0. The van der Waals surface area contributed by atoms with E-state index in [1.165, 1.54) is 0 Å². The predicted molar refractivity (Wildman–Crippen MR) is 99.2 cm³/mol. The van der Waals surface area contributed by atoms with E-state index in [4.69, 9.17) is 4.74 Å². The number of anilines is 1. The van der Waals surface area contributed by atoms with Gasteiger partial charge < -0.3 is 9.84 Å². The molecule has 4 bridgehead atoms. The SMILES string of the molecule is CC(C)(C)OC(=O)Nc1cc2ccc1CCc1ccc(cc1O)CC2. The zero-order valence-corrected chi connectivity index (χ0v) is 15.1. The Hall–Kier alpha value is -2.49. The van der Waals surface area contributed by atoms with Gasteiger partial charge in [0.1, 0.15) is 11.4 Å². The van der Waals surface area contributed by atoms with Gasteiger partial charge in [0.05, 0.1) is 0 Å². The summed E-state index contributed by atoms with van der Waals surface area (Å²) in [5.74, 6) is 0.356. The number of rotatable bonds is 1. The number of benzene rings is 2. The molecule has 0 heterocycles. The smallest absolute Gasteiger partial charge is 0.412 e. The van der Waals surface area contributed by atoms with Crippen molar-refractivity contribution in [2.75, 3.05) is 5.32 Å². The van der Waals surface area contributed by atoms with Crippen LogP contribution in [0.2, 0.25) is 0 Å². The standard InChI is InChI=1S/C21H25NO3/c1-21(2,3)25-20(24)22-18-12-14-4-5-15-7-9-17(19(23)13-15)11-10-16(18)8-6-14/h6-9,12-13,23H,4-5,10-11H2,1-3H3,(H,22,24). The topological polar surface area (TPSA) is 58.6 Å². The first-order valence-electron chi connectivity index (χ1n) is 8.73. The molecule has 6 rings (SSSR count). The summed E-state index contributed by atoms with van der Waals surface area (Å²) in [6.45, 7) is 5.55. The molecule has 0 aromatic heterocycles. The molecule has 1 amide bonds. The Morgan fingerprint density at radius 1 is 0.960 bits per heavy atom. The number of carbonyl (C=O) groups is 1. The third-order valence-electron chi connectivity index (χ3n) is 4.33. The second-order valence-corrected chi connectivity index (χ2v) is 7.58. The lowest BCUT2D eigenvalue weighted by atomic mass is 9.95. The minimum Gasteiger partial charge on any atom is -0.508 e. The Morgan fingerprint density at radius 2 is 1.56 bits per heavy atom. The van der Waals surface area contributed by atoms with Crippen LogP contribution in [0.1, 0.15) is 43.0 Å². The molecule has 0 saturated carbocycles. The number of phenolic OH excluding ortho intramolecular Hbond substituents is 1. The molecule has 4 heteroatoms. The highest BCUT2D eigenvalue weighted by molar-refractivity contribution is 5.86. The molecule has 4 aliphatic carbocycles. The van der Waals surface area contributed by atoms with Crippen LogP contribution >= 0.6 is 0 Å². The quantitative estimate of drug-likeness (QED) is 0.797. The zero-order valence-electron chi connectivity index (χ0n) is 15.1. The van der Waals surface area contributed by atoms with Crippen LogP contribution in [-0.2, 0) is 30.4 Å².